The van der Waals surface area contributed by atoms with Gasteiger partial charge in [0.15, 0.2) is 0 Å². The van der Waals surface area contributed by atoms with Gasteiger partial charge in [-0.05, 0) is 0 Å². The molecular weight excluding hydrogens is 267 g/mol. The van der Waals surface area contributed by atoms with Crippen molar-refractivity contribution in [1.82, 2.24) is 0 Å². The zero-order chi connectivity index (χ0) is 11.5. The van der Waals surface area contributed by atoms with E-state index >= 15 is 0 Å². The fourth-order valence-electron chi connectivity index (χ4n) is 1.24. The summed E-state index contributed by atoms with van der Waals surface area (Å²) >= 11 is 2.70. The van der Waals surface area contributed by atoms with Crippen molar-refractivity contribution in [2.24, 2.45) is 5.92 Å². The van der Waals surface area contributed by atoms with Gasteiger partial charge in [-0.2, -0.15) is 0 Å². The van der Waals surface area contributed by atoms with Gasteiger partial charge in [-0.25, -0.2) is 0 Å². The van der Waals surface area contributed by atoms with E-state index in [0.29, 0.717) is 0 Å². The van der Waals surface area contributed by atoms with Crippen LogP contribution in [0.3, 0.4) is 0 Å². The molecular formula is C13H26SSe. The van der Waals surface area contributed by atoms with E-state index in [2.05, 4.69) is 33.1 Å². The van der Waals surface area contributed by atoms with E-state index in [9.17, 15) is 0 Å². The average Bonchev–Trinajstić information content (AvgIpc) is 2.22. The predicted octanol–water partition coefficient (Wildman–Crippen LogP) is 4.94. The van der Waals surface area contributed by atoms with E-state index in [1.807, 2.05) is 11.8 Å². The summed E-state index contributed by atoms with van der Waals surface area (Å²) in [5.74, 6) is 0.862. The Balaban J connectivity index is 3.60. The van der Waals surface area contributed by atoms with E-state index in [4.69, 9.17) is 0 Å². The van der Waals surface area contributed by atoms with Gasteiger partial charge in [-0.1, -0.05) is 0 Å². The standard InChI is InChI=1S/C13H26SSe/c1-5-6-7-8-9-10-13(14-4)15-11-12(2)3/h10,12H,5-9,11H2,1-4H3/b13-10+. The van der Waals surface area contributed by atoms with Crippen molar-refractivity contribution >= 4 is 26.7 Å². The molecule has 0 aromatic heterocycles. The van der Waals surface area contributed by atoms with Gasteiger partial charge in [0, 0.05) is 0 Å². The van der Waals surface area contributed by atoms with Crippen LogP contribution in [0.4, 0.5) is 0 Å². The normalized spacial score (nSPS) is 12.5. The SMILES string of the molecule is CCCCCC/C=C(\SC)[Se]CC(C)C. The van der Waals surface area contributed by atoms with Crippen molar-refractivity contribution < 1.29 is 0 Å². The molecule has 2 heteroatoms. The summed E-state index contributed by atoms with van der Waals surface area (Å²) in [6.45, 7) is 6.91. The van der Waals surface area contributed by atoms with E-state index in [1.54, 1.807) is 3.80 Å². The molecule has 0 saturated carbocycles. The monoisotopic (exact) mass is 294 g/mol. The zero-order valence-corrected chi connectivity index (χ0v) is 13.2. The number of hydrogen-bond acceptors (Lipinski definition) is 1. The van der Waals surface area contributed by atoms with Crippen LogP contribution in [0.2, 0.25) is 5.32 Å². The van der Waals surface area contributed by atoms with Crippen molar-refractivity contribution in [3.05, 3.63) is 9.88 Å². The minimum atomic E-state index is 0.734. The molecule has 0 atom stereocenters. The van der Waals surface area contributed by atoms with E-state index < -0.39 is 0 Å². The summed E-state index contributed by atoms with van der Waals surface area (Å²) in [4.78, 5) is 0. The second kappa shape index (κ2) is 11.1. The van der Waals surface area contributed by atoms with Crippen LogP contribution in [0.5, 0.6) is 0 Å². The molecule has 0 rings (SSSR count). The van der Waals surface area contributed by atoms with Gasteiger partial charge in [0.2, 0.25) is 0 Å². The Bertz CT molecular complexity index is 164. The molecule has 0 aromatic carbocycles. The van der Waals surface area contributed by atoms with E-state index in [1.165, 1.54) is 37.4 Å². The van der Waals surface area contributed by atoms with Crippen LogP contribution in [0.1, 0.15) is 52.9 Å². The molecule has 0 aliphatic rings. The third-order valence-corrected chi connectivity index (χ3v) is 7.05. The Morgan fingerprint density at radius 1 is 1.27 bits per heavy atom. The van der Waals surface area contributed by atoms with Gasteiger partial charge < -0.3 is 0 Å². The zero-order valence-electron chi connectivity index (χ0n) is 10.7. The number of unbranched alkanes of at least 4 members (excludes halogenated alkanes) is 4. The van der Waals surface area contributed by atoms with Gasteiger partial charge in [0.1, 0.15) is 0 Å². The van der Waals surface area contributed by atoms with Crippen LogP contribution in [0, 0.1) is 5.92 Å². The first-order chi connectivity index (χ1) is 7.20. The Kier molecular flexibility index (Phi) is 11.6. The topological polar surface area (TPSA) is 0 Å². The summed E-state index contributed by atoms with van der Waals surface area (Å²) < 4.78 is 1.66. The molecule has 0 saturated heterocycles. The first kappa shape index (κ1) is 15.6. The molecule has 90 valence electrons. The number of allylic oxidation sites excluding steroid dienone is 1. The average molecular weight is 293 g/mol. The molecule has 0 aliphatic carbocycles. The molecule has 15 heavy (non-hydrogen) atoms. The molecule has 0 radical (unpaired) electrons. The van der Waals surface area contributed by atoms with Gasteiger partial charge in [0.25, 0.3) is 0 Å². The molecule has 0 amide bonds. The summed E-state index contributed by atoms with van der Waals surface area (Å²) in [6.07, 6.45) is 11.6. The first-order valence-electron chi connectivity index (χ1n) is 6.07. The van der Waals surface area contributed by atoms with Gasteiger partial charge in [-0.3, -0.25) is 0 Å². The van der Waals surface area contributed by atoms with Gasteiger partial charge in [0.05, 0.1) is 0 Å². The van der Waals surface area contributed by atoms with Crippen molar-refractivity contribution in [3.63, 3.8) is 0 Å². The summed E-state index contributed by atoms with van der Waals surface area (Å²) in [5.41, 5.74) is 0. The molecule has 0 unspecified atom stereocenters. The second-order valence-electron chi connectivity index (χ2n) is 4.28. The molecule has 0 fully saturated rings. The fraction of sp³-hybridized carbons (Fsp3) is 0.846. The quantitative estimate of drug-likeness (QED) is 0.428. The van der Waals surface area contributed by atoms with Crippen LogP contribution in [-0.4, -0.2) is 21.2 Å². The van der Waals surface area contributed by atoms with E-state index in [0.717, 1.165) is 20.9 Å². The Morgan fingerprint density at radius 3 is 2.53 bits per heavy atom. The molecule has 0 aromatic rings. The molecule has 0 spiro atoms. The van der Waals surface area contributed by atoms with Gasteiger partial charge in [-0.15, -0.1) is 0 Å². The molecule has 0 bridgehead atoms. The number of hydrogen-bond donors (Lipinski definition) is 0. The summed E-state index contributed by atoms with van der Waals surface area (Å²) in [7, 11) is 0. The molecule has 0 nitrogen and oxygen atoms in total. The maximum atomic E-state index is 2.49. The second-order valence-corrected chi connectivity index (χ2v) is 7.94. The van der Waals surface area contributed by atoms with Crippen LogP contribution >= 0.6 is 11.8 Å². The third kappa shape index (κ3) is 10.9. The Labute approximate surface area is 107 Å². The third-order valence-electron chi connectivity index (χ3n) is 2.13. The van der Waals surface area contributed by atoms with Crippen LogP contribution in [0.25, 0.3) is 0 Å². The number of rotatable bonds is 9. The number of thioether (sulfide) groups is 1. The Hall–Kier alpha value is 0.609. The van der Waals surface area contributed by atoms with Crippen LogP contribution < -0.4 is 0 Å². The predicted molar refractivity (Wildman–Crippen MR) is 75.8 cm³/mol. The van der Waals surface area contributed by atoms with Crippen molar-refractivity contribution in [2.45, 2.75) is 58.2 Å². The van der Waals surface area contributed by atoms with Crippen LogP contribution in [0.15, 0.2) is 9.88 Å². The molecule has 0 heterocycles. The van der Waals surface area contributed by atoms with Gasteiger partial charge >= 0.3 is 107 Å². The molecule has 0 N–H and O–H groups in total. The summed E-state index contributed by atoms with van der Waals surface area (Å²) in [6, 6.07) is 0. The van der Waals surface area contributed by atoms with Crippen molar-refractivity contribution in [3.8, 4) is 0 Å². The van der Waals surface area contributed by atoms with Crippen molar-refractivity contribution in [2.75, 3.05) is 6.26 Å². The van der Waals surface area contributed by atoms with E-state index in [-0.39, 0.29) is 0 Å². The van der Waals surface area contributed by atoms with Crippen LogP contribution in [-0.2, 0) is 0 Å². The first-order valence-corrected chi connectivity index (χ1v) is 9.36. The minimum absolute atomic E-state index is 0.734. The summed E-state index contributed by atoms with van der Waals surface area (Å²) in [5, 5.41) is 1.40. The maximum absolute atomic E-state index is 2.49. The van der Waals surface area contributed by atoms with Crippen molar-refractivity contribution in [1.29, 1.82) is 0 Å². The Morgan fingerprint density at radius 2 is 2.00 bits per heavy atom. The molecule has 0 aliphatic heterocycles. The fourth-order valence-corrected chi connectivity index (χ4v) is 4.28.